The lowest BCUT2D eigenvalue weighted by Crippen LogP contribution is -1.90. The van der Waals surface area contributed by atoms with Crippen molar-refractivity contribution in [2.75, 3.05) is 5.73 Å². The summed E-state index contributed by atoms with van der Waals surface area (Å²) in [7, 11) is 0. The molecular weight excluding hydrogens is 172 g/mol. The first-order chi connectivity index (χ1) is 6.77. The molecule has 0 saturated heterocycles. The van der Waals surface area contributed by atoms with E-state index in [4.69, 9.17) is 5.73 Å². The Balaban J connectivity index is 2.53. The molecule has 2 N–H and O–H groups in total. The van der Waals surface area contributed by atoms with Gasteiger partial charge in [0.15, 0.2) is 0 Å². The zero-order valence-electron chi connectivity index (χ0n) is 8.07. The van der Waals surface area contributed by atoms with Crippen LogP contribution < -0.4 is 5.73 Å². The van der Waals surface area contributed by atoms with E-state index in [1.165, 1.54) is 5.56 Å². The summed E-state index contributed by atoms with van der Waals surface area (Å²) in [6.07, 6.45) is 3.58. The van der Waals surface area contributed by atoms with E-state index in [-0.39, 0.29) is 0 Å². The Labute approximate surface area is 83.4 Å². The lowest BCUT2D eigenvalue weighted by molar-refractivity contribution is 1.33. The molecular formula is C12H12N2. The molecule has 70 valence electrons. The van der Waals surface area contributed by atoms with Crippen LogP contribution >= 0.6 is 0 Å². The Morgan fingerprint density at radius 1 is 1.21 bits per heavy atom. The number of nitrogens with two attached hydrogens (primary N) is 1. The van der Waals surface area contributed by atoms with Gasteiger partial charge in [-0.1, -0.05) is 18.2 Å². The minimum Gasteiger partial charge on any atom is -0.398 e. The van der Waals surface area contributed by atoms with Crippen molar-refractivity contribution in [3.8, 4) is 11.1 Å². The first-order valence-electron chi connectivity index (χ1n) is 4.54. The number of aromatic nitrogens is 1. The molecule has 0 atom stereocenters. The number of hydrogen-bond donors (Lipinski definition) is 1. The van der Waals surface area contributed by atoms with Crippen LogP contribution in [0.5, 0.6) is 0 Å². The highest BCUT2D eigenvalue weighted by Gasteiger charge is 2.01. The fraction of sp³-hybridized carbons (Fsp3) is 0.0833. The second kappa shape index (κ2) is 3.50. The molecule has 1 heterocycles. The molecule has 2 rings (SSSR count). The summed E-state index contributed by atoms with van der Waals surface area (Å²) in [6, 6.07) is 9.98. The molecule has 0 fully saturated rings. The van der Waals surface area contributed by atoms with Gasteiger partial charge in [-0.3, -0.25) is 4.98 Å². The topological polar surface area (TPSA) is 38.9 Å². The molecule has 0 bridgehead atoms. The second-order valence-electron chi connectivity index (χ2n) is 3.33. The molecule has 1 aromatic heterocycles. The van der Waals surface area contributed by atoms with Crippen LogP contribution in [0.2, 0.25) is 0 Å². The number of pyridine rings is 1. The van der Waals surface area contributed by atoms with E-state index >= 15 is 0 Å². The monoisotopic (exact) mass is 184 g/mol. The van der Waals surface area contributed by atoms with Gasteiger partial charge in [0, 0.05) is 29.2 Å². The van der Waals surface area contributed by atoms with E-state index in [9.17, 15) is 0 Å². The summed E-state index contributed by atoms with van der Waals surface area (Å²) in [5.41, 5.74) is 10.0. The molecule has 0 spiro atoms. The van der Waals surface area contributed by atoms with Gasteiger partial charge in [-0.2, -0.15) is 0 Å². The Kier molecular flexibility index (Phi) is 2.19. The average molecular weight is 184 g/mol. The maximum atomic E-state index is 5.93. The molecule has 2 aromatic rings. The quantitative estimate of drug-likeness (QED) is 0.692. The number of anilines is 1. The molecule has 2 nitrogen and oxygen atoms in total. The summed E-state index contributed by atoms with van der Waals surface area (Å²) in [5, 5.41) is 0. The standard InChI is InChI=1S/C12H12N2/c1-9-4-5-11(12(13)7-9)10-3-2-6-14-8-10/h2-8H,13H2,1H3. The Morgan fingerprint density at radius 3 is 2.71 bits per heavy atom. The number of aryl methyl sites for hydroxylation is 1. The van der Waals surface area contributed by atoms with E-state index in [1.54, 1.807) is 6.20 Å². The fourth-order valence-electron chi connectivity index (χ4n) is 1.47. The Bertz CT molecular complexity index is 435. The summed E-state index contributed by atoms with van der Waals surface area (Å²) in [6.45, 7) is 2.03. The molecule has 1 aromatic carbocycles. The largest absolute Gasteiger partial charge is 0.398 e. The van der Waals surface area contributed by atoms with Gasteiger partial charge >= 0.3 is 0 Å². The minimum absolute atomic E-state index is 0.804. The fourth-order valence-corrected chi connectivity index (χ4v) is 1.47. The van der Waals surface area contributed by atoms with Gasteiger partial charge < -0.3 is 5.73 Å². The predicted molar refractivity (Wildman–Crippen MR) is 58.8 cm³/mol. The van der Waals surface area contributed by atoms with E-state index in [1.807, 2.05) is 37.4 Å². The highest BCUT2D eigenvalue weighted by Crippen LogP contribution is 2.25. The first-order valence-corrected chi connectivity index (χ1v) is 4.54. The lowest BCUT2D eigenvalue weighted by Gasteiger charge is -2.05. The van der Waals surface area contributed by atoms with Gasteiger partial charge in [-0.15, -0.1) is 0 Å². The number of nitrogens with zero attached hydrogens (tertiary/aromatic N) is 1. The minimum atomic E-state index is 0.804. The molecule has 0 saturated carbocycles. The van der Waals surface area contributed by atoms with Crippen LogP contribution in [-0.2, 0) is 0 Å². The van der Waals surface area contributed by atoms with Crippen LogP contribution in [0.1, 0.15) is 5.56 Å². The van der Waals surface area contributed by atoms with Gasteiger partial charge in [0.1, 0.15) is 0 Å². The summed E-state index contributed by atoms with van der Waals surface area (Å²) < 4.78 is 0. The number of hydrogen-bond acceptors (Lipinski definition) is 2. The van der Waals surface area contributed by atoms with Gasteiger partial charge in [-0.05, 0) is 24.6 Å². The van der Waals surface area contributed by atoms with Crippen molar-refractivity contribution in [3.05, 3.63) is 48.3 Å². The van der Waals surface area contributed by atoms with Crippen molar-refractivity contribution in [2.45, 2.75) is 6.92 Å². The van der Waals surface area contributed by atoms with E-state index < -0.39 is 0 Å². The summed E-state index contributed by atoms with van der Waals surface area (Å²) in [4.78, 5) is 4.07. The maximum Gasteiger partial charge on any atom is 0.0396 e. The van der Waals surface area contributed by atoms with Crippen molar-refractivity contribution in [1.29, 1.82) is 0 Å². The third-order valence-electron chi connectivity index (χ3n) is 2.18. The van der Waals surface area contributed by atoms with Crippen molar-refractivity contribution in [3.63, 3.8) is 0 Å². The van der Waals surface area contributed by atoms with Crippen molar-refractivity contribution >= 4 is 5.69 Å². The third-order valence-corrected chi connectivity index (χ3v) is 2.18. The molecule has 0 aliphatic heterocycles. The van der Waals surface area contributed by atoms with E-state index in [0.717, 1.165) is 16.8 Å². The molecule has 0 aliphatic carbocycles. The van der Waals surface area contributed by atoms with E-state index in [2.05, 4.69) is 11.1 Å². The van der Waals surface area contributed by atoms with Gasteiger partial charge in [0.2, 0.25) is 0 Å². The smallest absolute Gasteiger partial charge is 0.0396 e. The molecule has 0 aliphatic rings. The molecule has 0 unspecified atom stereocenters. The summed E-state index contributed by atoms with van der Waals surface area (Å²) >= 11 is 0. The number of nitrogen functional groups attached to an aromatic ring is 1. The second-order valence-corrected chi connectivity index (χ2v) is 3.33. The molecule has 0 radical (unpaired) electrons. The molecule has 0 amide bonds. The predicted octanol–water partition coefficient (Wildman–Crippen LogP) is 2.64. The van der Waals surface area contributed by atoms with Gasteiger partial charge in [0.05, 0.1) is 0 Å². The zero-order chi connectivity index (χ0) is 9.97. The van der Waals surface area contributed by atoms with Crippen LogP contribution in [0.15, 0.2) is 42.7 Å². The molecule has 2 heteroatoms. The third kappa shape index (κ3) is 1.59. The normalized spacial score (nSPS) is 10.1. The van der Waals surface area contributed by atoms with Gasteiger partial charge in [-0.25, -0.2) is 0 Å². The van der Waals surface area contributed by atoms with Crippen LogP contribution in [-0.4, -0.2) is 4.98 Å². The van der Waals surface area contributed by atoms with Crippen molar-refractivity contribution in [1.82, 2.24) is 4.98 Å². The average Bonchev–Trinajstić information content (AvgIpc) is 2.19. The number of benzene rings is 1. The highest BCUT2D eigenvalue weighted by atomic mass is 14.6. The zero-order valence-corrected chi connectivity index (χ0v) is 8.07. The first kappa shape index (κ1) is 8.75. The van der Waals surface area contributed by atoms with Crippen LogP contribution in [0.3, 0.4) is 0 Å². The number of rotatable bonds is 1. The lowest BCUT2D eigenvalue weighted by atomic mass is 10.0. The van der Waals surface area contributed by atoms with Crippen molar-refractivity contribution in [2.24, 2.45) is 0 Å². The van der Waals surface area contributed by atoms with Crippen molar-refractivity contribution < 1.29 is 0 Å². The van der Waals surface area contributed by atoms with Crippen LogP contribution in [0.4, 0.5) is 5.69 Å². The van der Waals surface area contributed by atoms with E-state index in [0.29, 0.717) is 0 Å². The van der Waals surface area contributed by atoms with Gasteiger partial charge in [0.25, 0.3) is 0 Å². The maximum absolute atomic E-state index is 5.93. The van der Waals surface area contributed by atoms with Crippen LogP contribution in [0, 0.1) is 6.92 Å². The Morgan fingerprint density at radius 2 is 2.07 bits per heavy atom. The SMILES string of the molecule is Cc1ccc(-c2cccnc2)c(N)c1. The highest BCUT2D eigenvalue weighted by molar-refractivity contribution is 5.76. The summed E-state index contributed by atoms with van der Waals surface area (Å²) in [5.74, 6) is 0. The molecule has 14 heavy (non-hydrogen) atoms. The Hall–Kier alpha value is -1.83. The van der Waals surface area contributed by atoms with Crippen LogP contribution in [0.25, 0.3) is 11.1 Å².